The number of carbonyl (C=O) groups excluding carboxylic acids is 1. The van der Waals surface area contributed by atoms with Crippen molar-refractivity contribution in [2.75, 3.05) is 24.3 Å². The number of rotatable bonds is 5. The van der Waals surface area contributed by atoms with Crippen LogP contribution in [0.25, 0.3) is 10.9 Å². The molecule has 2 aromatic carbocycles. The van der Waals surface area contributed by atoms with Crippen molar-refractivity contribution in [1.82, 2.24) is 9.97 Å². The molecule has 24 heavy (non-hydrogen) atoms. The van der Waals surface area contributed by atoms with E-state index in [0.717, 1.165) is 22.3 Å². The quantitative estimate of drug-likeness (QED) is 0.754. The molecular weight excluding hydrogens is 302 g/mol. The molecule has 1 heterocycles. The van der Waals surface area contributed by atoms with E-state index in [1.54, 1.807) is 12.1 Å². The third-order valence-corrected chi connectivity index (χ3v) is 3.70. The van der Waals surface area contributed by atoms with Crippen LogP contribution in [0.2, 0.25) is 0 Å². The van der Waals surface area contributed by atoms with E-state index in [9.17, 15) is 4.79 Å². The number of hydrogen-bond donors (Lipinski definition) is 2. The highest BCUT2D eigenvalue weighted by Crippen LogP contribution is 2.23. The van der Waals surface area contributed by atoms with Crippen molar-refractivity contribution < 1.29 is 4.79 Å². The van der Waals surface area contributed by atoms with Gasteiger partial charge in [0.15, 0.2) is 0 Å². The van der Waals surface area contributed by atoms with Crippen LogP contribution < -0.4 is 16.0 Å². The number of nitrogens with two attached hydrogens (primary N) is 1. The third-order valence-electron chi connectivity index (χ3n) is 3.70. The summed E-state index contributed by atoms with van der Waals surface area (Å²) in [7, 11) is 3.92. The summed E-state index contributed by atoms with van der Waals surface area (Å²) in [5.41, 5.74) is 7.65. The molecule has 0 saturated heterocycles. The first-order valence-corrected chi connectivity index (χ1v) is 7.61. The summed E-state index contributed by atoms with van der Waals surface area (Å²) < 4.78 is 0. The maximum Gasteiger partial charge on any atom is 0.248 e. The van der Waals surface area contributed by atoms with Crippen LogP contribution in [-0.2, 0) is 6.54 Å². The van der Waals surface area contributed by atoms with Gasteiger partial charge in [0.25, 0.3) is 0 Å². The number of anilines is 2. The zero-order valence-electron chi connectivity index (χ0n) is 13.7. The summed E-state index contributed by atoms with van der Waals surface area (Å²) in [5, 5.41) is 4.24. The molecule has 0 saturated carbocycles. The van der Waals surface area contributed by atoms with Crippen LogP contribution in [0.4, 0.5) is 11.8 Å². The predicted molar refractivity (Wildman–Crippen MR) is 96.2 cm³/mol. The lowest BCUT2D eigenvalue weighted by Crippen LogP contribution is -2.14. The van der Waals surface area contributed by atoms with Crippen molar-refractivity contribution in [3.8, 4) is 0 Å². The Morgan fingerprint density at radius 2 is 1.79 bits per heavy atom. The van der Waals surface area contributed by atoms with Gasteiger partial charge >= 0.3 is 0 Å². The molecule has 0 unspecified atom stereocenters. The highest BCUT2D eigenvalue weighted by molar-refractivity contribution is 5.92. The average molecular weight is 321 g/mol. The zero-order chi connectivity index (χ0) is 17.1. The van der Waals surface area contributed by atoms with Crippen molar-refractivity contribution in [2.24, 2.45) is 5.73 Å². The fourth-order valence-electron chi connectivity index (χ4n) is 2.45. The van der Waals surface area contributed by atoms with Gasteiger partial charge in [0.05, 0.1) is 5.52 Å². The van der Waals surface area contributed by atoms with Gasteiger partial charge in [-0.15, -0.1) is 0 Å². The van der Waals surface area contributed by atoms with Crippen LogP contribution in [0, 0.1) is 0 Å². The molecule has 0 aliphatic carbocycles. The number of primary amides is 1. The zero-order valence-corrected chi connectivity index (χ0v) is 13.7. The van der Waals surface area contributed by atoms with Gasteiger partial charge < -0.3 is 16.0 Å². The first-order valence-electron chi connectivity index (χ1n) is 7.61. The Labute approximate surface area is 140 Å². The number of nitrogens with zero attached hydrogens (tertiary/aromatic N) is 3. The van der Waals surface area contributed by atoms with Gasteiger partial charge in [-0.2, -0.15) is 4.98 Å². The summed E-state index contributed by atoms with van der Waals surface area (Å²) in [6, 6.07) is 15.1. The van der Waals surface area contributed by atoms with E-state index >= 15 is 0 Å². The van der Waals surface area contributed by atoms with E-state index in [1.807, 2.05) is 55.4 Å². The Bertz CT molecular complexity index is 874. The summed E-state index contributed by atoms with van der Waals surface area (Å²) in [5.74, 6) is 1.01. The molecule has 0 aliphatic heterocycles. The van der Waals surface area contributed by atoms with Crippen molar-refractivity contribution >= 4 is 28.6 Å². The number of para-hydroxylation sites is 1. The Hall–Kier alpha value is -3.15. The number of amides is 1. The molecule has 6 nitrogen and oxygen atoms in total. The molecule has 3 aromatic rings. The summed E-state index contributed by atoms with van der Waals surface area (Å²) >= 11 is 0. The monoisotopic (exact) mass is 321 g/mol. The predicted octanol–water partition coefficient (Wildman–Crippen LogP) is 2.41. The standard InChI is InChI=1S/C18H19N5O/c1-23(2)17-14-5-3-4-6-15(14)21-18(22-17)20-11-12-7-9-13(10-8-12)16(19)24/h3-10H,11H2,1-2H3,(H2,19,24)(H,20,21,22). The van der Waals surface area contributed by atoms with Crippen LogP contribution in [0.15, 0.2) is 48.5 Å². The second-order valence-corrected chi connectivity index (χ2v) is 5.70. The number of hydrogen-bond acceptors (Lipinski definition) is 5. The van der Waals surface area contributed by atoms with Gasteiger partial charge in [0, 0.05) is 31.6 Å². The van der Waals surface area contributed by atoms with Crippen LogP contribution in [0.3, 0.4) is 0 Å². The van der Waals surface area contributed by atoms with Crippen LogP contribution in [0.1, 0.15) is 15.9 Å². The highest BCUT2D eigenvalue weighted by atomic mass is 16.1. The molecule has 0 fully saturated rings. The van der Waals surface area contributed by atoms with E-state index in [-0.39, 0.29) is 0 Å². The molecule has 3 rings (SSSR count). The van der Waals surface area contributed by atoms with Gasteiger partial charge in [0.1, 0.15) is 5.82 Å². The number of nitrogens with one attached hydrogen (secondary N) is 1. The third kappa shape index (κ3) is 3.27. The maximum absolute atomic E-state index is 11.1. The Morgan fingerprint density at radius 1 is 1.08 bits per heavy atom. The minimum Gasteiger partial charge on any atom is -0.366 e. The molecule has 6 heteroatoms. The largest absolute Gasteiger partial charge is 0.366 e. The highest BCUT2D eigenvalue weighted by Gasteiger charge is 2.09. The first-order chi connectivity index (χ1) is 11.5. The van der Waals surface area contributed by atoms with Crippen LogP contribution in [-0.4, -0.2) is 30.0 Å². The number of carbonyl (C=O) groups is 1. The van der Waals surface area contributed by atoms with E-state index in [2.05, 4.69) is 15.3 Å². The summed E-state index contributed by atoms with van der Waals surface area (Å²) in [4.78, 5) is 22.2. The summed E-state index contributed by atoms with van der Waals surface area (Å²) in [6.45, 7) is 0.560. The number of fused-ring (bicyclic) bond motifs is 1. The lowest BCUT2D eigenvalue weighted by atomic mass is 10.1. The fraction of sp³-hybridized carbons (Fsp3) is 0.167. The van der Waals surface area contributed by atoms with E-state index < -0.39 is 5.91 Å². The molecule has 0 radical (unpaired) electrons. The lowest BCUT2D eigenvalue weighted by Gasteiger charge is -2.15. The van der Waals surface area contributed by atoms with Gasteiger partial charge in [-0.25, -0.2) is 4.98 Å². The topological polar surface area (TPSA) is 84.1 Å². The van der Waals surface area contributed by atoms with E-state index in [1.165, 1.54) is 0 Å². The maximum atomic E-state index is 11.1. The van der Waals surface area contributed by atoms with E-state index in [0.29, 0.717) is 18.1 Å². The molecule has 1 aromatic heterocycles. The molecule has 122 valence electrons. The number of aromatic nitrogens is 2. The molecule has 0 atom stereocenters. The van der Waals surface area contributed by atoms with E-state index in [4.69, 9.17) is 5.73 Å². The molecule has 3 N–H and O–H groups in total. The molecule has 0 aliphatic rings. The minimum absolute atomic E-state index is 0.428. The average Bonchev–Trinajstić information content (AvgIpc) is 2.59. The van der Waals surface area contributed by atoms with Crippen molar-refractivity contribution in [1.29, 1.82) is 0 Å². The molecular formula is C18H19N5O. The smallest absolute Gasteiger partial charge is 0.248 e. The van der Waals surface area contributed by atoms with Crippen molar-refractivity contribution in [3.63, 3.8) is 0 Å². The minimum atomic E-state index is -0.428. The fourth-order valence-corrected chi connectivity index (χ4v) is 2.45. The molecule has 1 amide bonds. The van der Waals surface area contributed by atoms with Crippen LogP contribution in [0.5, 0.6) is 0 Å². The van der Waals surface area contributed by atoms with Gasteiger partial charge in [0.2, 0.25) is 11.9 Å². The first kappa shape index (κ1) is 15.7. The van der Waals surface area contributed by atoms with Crippen LogP contribution >= 0.6 is 0 Å². The lowest BCUT2D eigenvalue weighted by molar-refractivity contribution is 0.100. The van der Waals surface area contributed by atoms with Crippen molar-refractivity contribution in [2.45, 2.75) is 6.54 Å². The summed E-state index contributed by atoms with van der Waals surface area (Å²) in [6.07, 6.45) is 0. The van der Waals surface area contributed by atoms with Gasteiger partial charge in [-0.1, -0.05) is 24.3 Å². The van der Waals surface area contributed by atoms with Gasteiger partial charge in [-0.3, -0.25) is 4.79 Å². The SMILES string of the molecule is CN(C)c1nc(NCc2ccc(C(N)=O)cc2)nc2ccccc12. The van der Waals surface area contributed by atoms with Crippen molar-refractivity contribution in [3.05, 3.63) is 59.7 Å². The Morgan fingerprint density at radius 3 is 2.46 bits per heavy atom. The Kier molecular flexibility index (Phi) is 4.29. The van der Waals surface area contributed by atoms with Gasteiger partial charge in [-0.05, 0) is 29.8 Å². The second-order valence-electron chi connectivity index (χ2n) is 5.70. The second kappa shape index (κ2) is 6.54. The number of benzene rings is 2. The normalized spacial score (nSPS) is 10.6. The molecule has 0 bridgehead atoms. The Balaban J connectivity index is 1.83. The molecule has 0 spiro atoms.